The van der Waals surface area contributed by atoms with Crippen LogP contribution in [0.5, 0.6) is 11.8 Å². The van der Waals surface area contributed by atoms with E-state index < -0.39 is 11.0 Å². The second-order valence-corrected chi connectivity index (χ2v) is 5.99. The summed E-state index contributed by atoms with van der Waals surface area (Å²) in [5.74, 6) is 0.00550. The molecule has 0 aromatic carbocycles. The summed E-state index contributed by atoms with van der Waals surface area (Å²) in [5.41, 5.74) is -1.08. The molecule has 0 saturated carbocycles. The van der Waals surface area contributed by atoms with Crippen molar-refractivity contribution in [1.29, 1.82) is 0 Å². The number of carbonyl (C=O) groups is 1. The highest BCUT2D eigenvalue weighted by atomic mass is 16.5. The number of hydrogen-bond acceptors (Lipinski definition) is 7. The zero-order valence-electron chi connectivity index (χ0n) is 14.4. The molecule has 0 aliphatic rings. The van der Waals surface area contributed by atoms with Crippen molar-refractivity contribution in [3.63, 3.8) is 0 Å². The molecule has 2 heterocycles. The number of fused-ring (bicyclic) bond motifs is 1. The lowest BCUT2D eigenvalue weighted by Gasteiger charge is -2.17. The summed E-state index contributed by atoms with van der Waals surface area (Å²) in [6, 6.07) is 0. The Labute approximate surface area is 138 Å². The molecule has 0 spiro atoms. The number of H-pyrrole nitrogens is 1. The van der Waals surface area contributed by atoms with E-state index in [-0.39, 0.29) is 34.8 Å². The van der Waals surface area contributed by atoms with E-state index >= 15 is 0 Å². The van der Waals surface area contributed by atoms with Gasteiger partial charge in [0.15, 0.2) is 11.2 Å². The van der Waals surface area contributed by atoms with Crippen LogP contribution in [0.25, 0.3) is 11.2 Å². The highest BCUT2D eigenvalue weighted by Crippen LogP contribution is 2.24. The van der Waals surface area contributed by atoms with E-state index in [2.05, 4.69) is 25.3 Å². The number of amides is 1. The molecule has 2 rings (SSSR count). The number of carbonyl (C=O) groups excluding carboxylic acids is 1. The summed E-state index contributed by atoms with van der Waals surface area (Å²) < 4.78 is 10.7. The molecule has 0 radical (unpaired) electrons. The van der Waals surface area contributed by atoms with E-state index in [4.69, 9.17) is 9.47 Å². The minimum absolute atomic E-state index is 0.00772. The molecule has 0 atom stereocenters. The van der Waals surface area contributed by atoms with Crippen molar-refractivity contribution in [2.24, 2.45) is 5.41 Å². The van der Waals surface area contributed by atoms with Crippen molar-refractivity contribution in [2.75, 3.05) is 18.5 Å². The van der Waals surface area contributed by atoms with Gasteiger partial charge in [-0.15, -0.1) is 0 Å². The van der Waals surface area contributed by atoms with E-state index in [1.54, 1.807) is 34.6 Å². The van der Waals surface area contributed by atoms with E-state index in [1.807, 2.05) is 0 Å². The van der Waals surface area contributed by atoms with Gasteiger partial charge in [-0.1, -0.05) is 20.8 Å². The van der Waals surface area contributed by atoms with E-state index in [0.29, 0.717) is 13.2 Å². The van der Waals surface area contributed by atoms with Crippen LogP contribution < -0.4 is 20.3 Å². The van der Waals surface area contributed by atoms with Gasteiger partial charge in [0, 0.05) is 5.41 Å². The summed E-state index contributed by atoms with van der Waals surface area (Å²) in [6.45, 7) is 9.55. The number of hydrogen-bond donors (Lipinski definition) is 2. The summed E-state index contributed by atoms with van der Waals surface area (Å²) in [7, 11) is 0. The third-order valence-corrected chi connectivity index (χ3v) is 2.96. The molecule has 9 heteroatoms. The van der Waals surface area contributed by atoms with Crippen molar-refractivity contribution >= 4 is 23.0 Å². The highest BCUT2D eigenvalue weighted by Gasteiger charge is 2.23. The van der Waals surface area contributed by atoms with Gasteiger partial charge < -0.3 is 9.47 Å². The number of nitrogens with one attached hydrogen (secondary N) is 2. The number of aromatic amines is 1. The normalized spacial score (nSPS) is 11.4. The van der Waals surface area contributed by atoms with Crippen LogP contribution in [0.15, 0.2) is 4.79 Å². The first-order valence-corrected chi connectivity index (χ1v) is 7.65. The smallest absolute Gasteiger partial charge is 0.280 e. The van der Waals surface area contributed by atoms with Gasteiger partial charge in [0.05, 0.1) is 13.2 Å². The van der Waals surface area contributed by atoms with Crippen LogP contribution in [0.1, 0.15) is 34.6 Å². The first kappa shape index (κ1) is 17.6. The van der Waals surface area contributed by atoms with Crippen molar-refractivity contribution in [1.82, 2.24) is 19.9 Å². The third-order valence-electron chi connectivity index (χ3n) is 2.96. The van der Waals surface area contributed by atoms with Crippen LogP contribution in [0.4, 0.5) is 5.95 Å². The Morgan fingerprint density at radius 2 is 1.67 bits per heavy atom. The second kappa shape index (κ2) is 6.81. The van der Waals surface area contributed by atoms with Gasteiger partial charge in [-0.3, -0.25) is 19.9 Å². The SMILES string of the molecule is CCOc1nc2nc(NC(=O)C(C)(C)C)[nH]c(=O)c2nc1OCC. The van der Waals surface area contributed by atoms with Gasteiger partial charge >= 0.3 is 0 Å². The molecule has 0 bridgehead atoms. The summed E-state index contributed by atoms with van der Waals surface area (Å²) >= 11 is 0. The monoisotopic (exact) mass is 335 g/mol. The van der Waals surface area contributed by atoms with Crippen molar-refractivity contribution in [2.45, 2.75) is 34.6 Å². The number of nitrogens with zero attached hydrogens (tertiary/aromatic N) is 3. The average molecular weight is 335 g/mol. The largest absolute Gasteiger partial charge is 0.474 e. The zero-order chi connectivity index (χ0) is 17.9. The maximum absolute atomic E-state index is 12.2. The number of aromatic nitrogens is 4. The molecule has 2 N–H and O–H groups in total. The Hall–Kier alpha value is -2.71. The molecule has 2 aromatic heterocycles. The van der Waals surface area contributed by atoms with Crippen molar-refractivity contribution in [3.05, 3.63) is 10.4 Å². The highest BCUT2D eigenvalue weighted by molar-refractivity contribution is 5.93. The Morgan fingerprint density at radius 3 is 2.21 bits per heavy atom. The van der Waals surface area contributed by atoms with Gasteiger partial charge in [0.1, 0.15) is 0 Å². The lowest BCUT2D eigenvalue weighted by atomic mass is 9.96. The van der Waals surface area contributed by atoms with Crippen LogP contribution in [-0.2, 0) is 4.79 Å². The standard InChI is InChI=1S/C15H21N5O4/c1-6-23-11-12(24-7-2)17-9-8(16-11)10(21)19-14(18-9)20-13(22)15(3,4)5/h6-7H2,1-5H3,(H2,17,18,19,20,21,22). The minimum atomic E-state index is -0.630. The predicted molar refractivity (Wildman–Crippen MR) is 88.4 cm³/mol. The Morgan fingerprint density at radius 1 is 1.08 bits per heavy atom. The first-order chi connectivity index (χ1) is 11.3. The number of ether oxygens (including phenoxy) is 2. The fourth-order valence-electron chi connectivity index (χ4n) is 1.74. The van der Waals surface area contributed by atoms with Crippen LogP contribution in [0, 0.1) is 5.41 Å². The lowest BCUT2D eigenvalue weighted by molar-refractivity contribution is -0.123. The molecular formula is C15H21N5O4. The maximum atomic E-state index is 12.2. The molecule has 9 nitrogen and oxygen atoms in total. The molecular weight excluding hydrogens is 314 g/mol. The third kappa shape index (κ3) is 3.79. The molecule has 0 aliphatic heterocycles. The van der Waals surface area contributed by atoms with E-state index in [0.717, 1.165) is 0 Å². The van der Waals surface area contributed by atoms with Crippen LogP contribution in [0.2, 0.25) is 0 Å². The van der Waals surface area contributed by atoms with Gasteiger partial charge in [-0.05, 0) is 13.8 Å². The first-order valence-electron chi connectivity index (χ1n) is 7.65. The molecule has 0 aliphatic carbocycles. The molecule has 24 heavy (non-hydrogen) atoms. The Bertz CT molecular complexity index is 810. The lowest BCUT2D eigenvalue weighted by Crippen LogP contribution is -2.29. The summed E-state index contributed by atoms with van der Waals surface area (Å²) in [5, 5.41) is 2.56. The Balaban J connectivity index is 2.51. The molecule has 2 aromatic rings. The molecule has 0 unspecified atom stereocenters. The van der Waals surface area contributed by atoms with Crippen LogP contribution in [-0.4, -0.2) is 39.1 Å². The van der Waals surface area contributed by atoms with E-state index in [9.17, 15) is 9.59 Å². The number of rotatable bonds is 5. The van der Waals surface area contributed by atoms with Gasteiger partial charge in [-0.2, -0.15) is 15.0 Å². The molecule has 1 amide bonds. The van der Waals surface area contributed by atoms with E-state index in [1.165, 1.54) is 0 Å². The summed E-state index contributed by atoms with van der Waals surface area (Å²) in [4.78, 5) is 39.2. The molecule has 130 valence electrons. The minimum Gasteiger partial charge on any atom is -0.474 e. The average Bonchev–Trinajstić information content (AvgIpc) is 2.48. The predicted octanol–water partition coefficient (Wildman–Crippen LogP) is 1.50. The van der Waals surface area contributed by atoms with Crippen molar-refractivity contribution < 1.29 is 14.3 Å². The Kier molecular flexibility index (Phi) is 5.01. The summed E-state index contributed by atoms with van der Waals surface area (Å²) in [6.07, 6.45) is 0. The molecule has 0 saturated heterocycles. The topological polar surface area (TPSA) is 119 Å². The van der Waals surface area contributed by atoms with Crippen LogP contribution >= 0.6 is 0 Å². The second-order valence-electron chi connectivity index (χ2n) is 5.99. The van der Waals surface area contributed by atoms with Gasteiger partial charge in [0.25, 0.3) is 17.3 Å². The maximum Gasteiger partial charge on any atom is 0.280 e. The van der Waals surface area contributed by atoms with Crippen molar-refractivity contribution in [3.8, 4) is 11.8 Å². The quantitative estimate of drug-likeness (QED) is 0.849. The van der Waals surface area contributed by atoms with Gasteiger partial charge in [0.2, 0.25) is 11.9 Å². The van der Waals surface area contributed by atoms with Crippen LogP contribution in [0.3, 0.4) is 0 Å². The fraction of sp³-hybridized carbons (Fsp3) is 0.533. The fourth-order valence-corrected chi connectivity index (χ4v) is 1.74. The zero-order valence-corrected chi connectivity index (χ0v) is 14.4. The number of anilines is 1. The van der Waals surface area contributed by atoms with Gasteiger partial charge in [-0.25, -0.2) is 0 Å². The molecule has 0 fully saturated rings.